The van der Waals surface area contributed by atoms with Gasteiger partial charge in [0.1, 0.15) is 5.82 Å². The van der Waals surface area contributed by atoms with E-state index < -0.39 is 16.7 Å². The maximum absolute atomic E-state index is 12.6. The van der Waals surface area contributed by atoms with E-state index in [4.69, 9.17) is 0 Å². The molecule has 0 atom stereocenters. The third-order valence-corrected chi connectivity index (χ3v) is 3.52. The lowest BCUT2D eigenvalue weighted by Gasteiger charge is -2.06. The first-order chi connectivity index (χ1) is 11.8. The van der Waals surface area contributed by atoms with Crippen LogP contribution in [0.4, 0.5) is 18.9 Å². The van der Waals surface area contributed by atoms with Crippen LogP contribution in [0.2, 0.25) is 0 Å². The Kier molecular flexibility index (Phi) is 4.22. The normalized spacial score (nSPS) is 11.5. The molecule has 1 heterocycles. The van der Waals surface area contributed by atoms with Gasteiger partial charge in [-0.15, -0.1) is 0 Å². The summed E-state index contributed by atoms with van der Waals surface area (Å²) >= 11 is 0. The molecule has 0 bridgehead atoms. The summed E-state index contributed by atoms with van der Waals surface area (Å²) < 4.78 is 37.7. The molecule has 2 aromatic carbocycles. The van der Waals surface area contributed by atoms with Gasteiger partial charge in [0.05, 0.1) is 10.5 Å². The predicted octanol–water partition coefficient (Wildman–Crippen LogP) is 3.99. The summed E-state index contributed by atoms with van der Waals surface area (Å²) in [6.07, 6.45) is -4.02. The van der Waals surface area contributed by atoms with Crippen molar-refractivity contribution in [1.82, 2.24) is 15.2 Å². The lowest BCUT2D eigenvalue weighted by molar-refractivity contribution is -0.384. The van der Waals surface area contributed by atoms with Crippen molar-refractivity contribution in [2.24, 2.45) is 0 Å². The Balaban J connectivity index is 1.75. The molecule has 0 fully saturated rings. The fourth-order valence-corrected chi connectivity index (χ4v) is 2.24. The number of nitrogens with zero attached hydrogens (tertiary/aromatic N) is 3. The molecule has 9 heteroatoms. The maximum atomic E-state index is 12.6. The van der Waals surface area contributed by atoms with Crippen LogP contribution in [0.3, 0.4) is 0 Å². The SMILES string of the molecule is O=[N+]([O-])c1ccc(Cc2nc(-c3ccc(C(F)(F)F)cc3)n[nH]2)cc1. The molecule has 0 aliphatic carbocycles. The minimum absolute atomic E-state index is 0.00763. The molecular weight excluding hydrogens is 337 g/mol. The number of aromatic nitrogens is 3. The largest absolute Gasteiger partial charge is 0.416 e. The average molecular weight is 348 g/mol. The molecule has 0 spiro atoms. The highest BCUT2D eigenvalue weighted by Gasteiger charge is 2.30. The van der Waals surface area contributed by atoms with Gasteiger partial charge in [0.2, 0.25) is 0 Å². The van der Waals surface area contributed by atoms with Crippen molar-refractivity contribution in [3.63, 3.8) is 0 Å². The third kappa shape index (κ3) is 3.82. The fraction of sp³-hybridized carbons (Fsp3) is 0.125. The van der Waals surface area contributed by atoms with Crippen molar-refractivity contribution in [3.05, 3.63) is 75.6 Å². The van der Waals surface area contributed by atoms with Gasteiger partial charge in [-0.3, -0.25) is 15.2 Å². The third-order valence-electron chi connectivity index (χ3n) is 3.52. The monoisotopic (exact) mass is 348 g/mol. The molecule has 0 saturated heterocycles. The van der Waals surface area contributed by atoms with Crippen LogP contribution in [-0.2, 0) is 12.6 Å². The molecular formula is C16H11F3N4O2. The van der Waals surface area contributed by atoms with E-state index in [0.29, 0.717) is 17.8 Å². The number of non-ortho nitro benzene ring substituents is 1. The van der Waals surface area contributed by atoms with Crippen LogP contribution < -0.4 is 0 Å². The van der Waals surface area contributed by atoms with Crippen molar-refractivity contribution in [3.8, 4) is 11.4 Å². The first-order valence-electron chi connectivity index (χ1n) is 7.15. The Labute approximate surface area is 139 Å². The Morgan fingerprint density at radius 3 is 2.24 bits per heavy atom. The van der Waals surface area contributed by atoms with Gasteiger partial charge in [-0.05, 0) is 17.7 Å². The minimum atomic E-state index is -4.39. The molecule has 6 nitrogen and oxygen atoms in total. The molecule has 0 radical (unpaired) electrons. The number of nitro benzene ring substituents is 1. The van der Waals surface area contributed by atoms with E-state index in [1.165, 1.54) is 24.3 Å². The molecule has 0 aliphatic heterocycles. The summed E-state index contributed by atoms with van der Waals surface area (Å²) in [5, 5.41) is 17.3. The Hall–Kier alpha value is -3.23. The summed E-state index contributed by atoms with van der Waals surface area (Å²) in [7, 11) is 0. The van der Waals surface area contributed by atoms with E-state index in [1.807, 2.05) is 0 Å². The number of hydrogen-bond acceptors (Lipinski definition) is 4. The van der Waals surface area contributed by atoms with Crippen molar-refractivity contribution in [2.75, 3.05) is 0 Å². The number of aromatic amines is 1. The number of halogens is 3. The van der Waals surface area contributed by atoms with Gasteiger partial charge in [-0.2, -0.15) is 18.3 Å². The smallest absolute Gasteiger partial charge is 0.262 e. The van der Waals surface area contributed by atoms with Gasteiger partial charge in [-0.25, -0.2) is 4.98 Å². The van der Waals surface area contributed by atoms with Crippen LogP contribution in [0.5, 0.6) is 0 Å². The minimum Gasteiger partial charge on any atom is -0.262 e. The van der Waals surface area contributed by atoms with Crippen molar-refractivity contribution in [1.29, 1.82) is 0 Å². The molecule has 25 heavy (non-hydrogen) atoms. The lowest BCUT2D eigenvalue weighted by atomic mass is 10.1. The second kappa shape index (κ2) is 6.34. The van der Waals surface area contributed by atoms with Crippen LogP contribution in [-0.4, -0.2) is 20.1 Å². The van der Waals surface area contributed by atoms with Gasteiger partial charge >= 0.3 is 6.18 Å². The zero-order valence-electron chi connectivity index (χ0n) is 12.6. The molecule has 0 unspecified atom stereocenters. The van der Waals surface area contributed by atoms with Crippen LogP contribution in [0.1, 0.15) is 17.0 Å². The van der Waals surface area contributed by atoms with Crippen molar-refractivity contribution in [2.45, 2.75) is 12.6 Å². The van der Waals surface area contributed by atoms with E-state index in [9.17, 15) is 23.3 Å². The molecule has 0 saturated carbocycles. The molecule has 128 valence electrons. The molecule has 1 N–H and O–H groups in total. The number of nitro groups is 1. The summed E-state index contributed by atoms with van der Waals surface area (Å²) in [6.45, 7) is 0. The van der Waals surface area contributed by atoms with Gasteiger partial charge in [0.15, 0.2) is 5.82 Å². The van der Waals surface area contributed by atoms with Gasteiger partial charge in [-0.1, -0.05) is 24.3 Å². The molecule has 0 amide bonds. The highest BCUT2D eigenvalue weighted by atomic mass is 19.4. The van der Waals surface area contributed by atoms with Crippen LogP contribution in [0, 0.1) is 10.1 Å². The van der Waals surface area contributed by atoms with Gasteiger partial charge in [0.25, 0.3) is 5.69 Å². The van der Waals surface area contributed by atoms with Crippen LogP contribution in [0.15, 0.2) is 48.5 Å². The molecule has 3 rings (SSSR count). The molecule has 1 aromatic heterocycles. The van der Waals surface area contributed by atoms with E-state index in [2.05, 4.69) is 15.2 Å². The van der Waals surface area contributed by atoms with Crippen LogP contribution in [0.25, 0.3) is 11.4 Å². The van der Waals surface area contributed by atoms with Gasteiger partial charge < -0.3 is 0 Å². The number of alkyl halides is 3. The zero-order valence-corrected chi connectivity index (χ0v) is 12.6. The number of benzene rings is 2. The first kappa shape index (κ1) is 16.6. The highest BCUT2D eigenvalue weighted by molar-refractivity contribution is 5.55. The number of H-pyrrole nitrogens is 1. The van der Waals surface area contributed by atoms with E-state index >= 15 is 0 Å². The Morgan fingerprint density at radius 2 is 1.68 bits per heavy atom. The number of rotatable bonds is 4. The van der Waals surface area contributed by atoms with Crippen molar-refractivity contribution < 1.29 is 18.1 Å². The summed E-state index contributed by atoms with van der Waals surface area (Å²) in [5.41, 5.74) is 0.504. The second-order valence-electron chi connectivity index (χ2n) is 5.28. The first-order valence-corrected chi connectivity index (χ1v) is 7.15. The fourth-order valence-electron chi connectivity index (χ4n) is 2.24. The van der Waals surface area contributed by atoms with Crippen LogP contribution >= 0.6 is 0 Å². The van der Waals surface area contributed by atoms with E-state index in [1.54, 1.807) is 12.1 Å². The summed E-state index contributed by atoms with van der Waals surface area (Å²) in [5.74, 6) is 0.786. The quantitative estimate of drug-likeness (QED) is 0.571. The predicted molar refractivity (Wildman–Crippen MR) is 82.7 cm³/mol. The number of hydrogen-bond donors (Lipinski definition) is 1. The second-order valence-corrected chi connectivity index (χ2v) is 5.28. The van der Waals surface area contributed by atoms with Crippen molar-refractivity contribution >= 4 is 5.69 Å². The zero-order chi connectivity index (χ0) is 18.0. The summed E-state index contributed by atoms with van der Waals surface area (Å²) in [4.78, 5) is 14.4. The highest BCUT2D eigenvalue weighted by Crippen LogP contribution is 2.30. The molecule has 0 aliphatic rings. The van der Waals surface area contributed by atoms with E-state index in [-0.39, 0.29) is 11.5 Å². The Bertz CT molecular complexity index is 887. The van der Waals surface area contributed by atoms with Gasteiger partial charge in [0, 0.05) is 24.1 Å². The number of nitrogens with one attached hydrogen (secondary N) is 1. The lowest BCUT2D eigenvalue weighted by Crippen LogP contribution is -2.04. The standard InChI is InChI=1S/C16H11F3N4O2/c17-16(18,19)12-5-3-11(4-6-12)15-20-14(21-22-15)9-10-1-7-13(8-2-10)23(24)25/h1-8H,9H2,(H,20,21,22). The Morgan fingerprint density at radius 1 is 1.04 bits per heavy atom. The van der Waals surface area contributed by atoms with E-state index in [0.717, 1.165) is 17.7 Å². The summed E-state index contributed by atoms with van der Waals surface area (Å²) in [6, 6.07) is 10.6. The maximum Gasteiger partial charge on any atom is 0.416 e. The topological polar surface area (TPSA) is 84.7 Å². The molecule has 3 aromatic rings. The average Bonchev–Trinajstić information content (AvgIpc) is 3.03.